The number of carbonyl (C=O) groups excluding carboxylic acids is 4. The predicted molar refractivity (Wildman–Crippen MR) is 175 cm³/mol. The van der Waals surface area contributed by atoms with Gasteiger partial charge in [0.2, 0.25) is 23.6 Å². The smallest absolute Gasteiger partial charge is 0.246 e. The second kappa shape index (κ2) is 14.6. The molecule has 2 aromatic carbocycles. The van der Waals surface area contributed by atoms with Crippen LogP contribution in [0.5, 0.6) is 0 Å². The number of aromatic amines is 1. The number of nitrogens with zero attached hydrogens (tertiary/aromatic N) is 3. The third-order valence-electron chi connectivity index (χ3n) is 8.72. The number of benzene rings is 2. The van der Waals surface area contributed by atoms with Gasteiger partial charge in [-0.05, 0) is 29.3 Å². The van der Waals surface area contributed by atoms with Gasteiger partial charge in [0.25, 0.3) is 0 Å². The molecule has 4 atom stereocenters. The number of amides is 4. The fourth-order valence-electron chi connectivity index (χ4n) is 6.39. The van der Waals surface area contributed by atoms with Crippen molar-refractivity contribution in [2.45, 2.75) is 50.0 Å². The van der Waals surface area contributed by atoms with Gasteiger partial charge < -0.3 is 30.9 Å². The lowest BCUT2D eigenvalue weighted by Crippen LogP contribution is -2.57. The van der Waals surface area contributed by atoms with Crippen LogP contribution in [0.25, 0.3) is 10.9 Å². The predicted octanol–water partition coefficient (Wildman–Crippen LogP) is 0.912. The molecule has 0 aliphatic carbocycles. The Bertz CT molecular complexity index is 1710. The van der Waals surface area contributed by atoms with Crippen molar-refractivity contribution >= 4 is 34.5 Å². The van der Waals surface area contributed by atoms with E-state index in [4.69, 9.17) is 0 Å². The van der Waals surface area contributed by atoms with Crippen LogP contribution >= 0.6 is 0 Å². The maximum Gasteiger partial charge on any atom is 0.246 e. The van der Waals surface area contributed by atoms with Gasteiger partial charge in [-0.3, -0.25) is 29.1 Å². The van der Waals surface area contributed by atoms with E-state index in [1.807, 2.05) is 83.9 Å². The molecular formula is C35H39N7O5. The van der Waals surface area contributed by atoms with Crippen LogP contribution in [0.1, 0.15) is 23.2 Å². The molecule has 4 amide bonds. The molecular weight excluding hydrogens is 598 g/mol. The van der Waals surface area contributed by atoms with Crippen LogP contribution in [0.2, 0.25) is 0 Å². The number of carbonyl (C=O) groups is 4. The van der Waals surface area contributed by atoms with E-state index in [1.165, 1.54) is 4.90 Å². The van der Waals surface area contributed by atoms with E-state index in [0.717, 1.165) is 27.7 Å². The molecule has 47 heavy (non-hydrogen) atoms. The lowest BCUT2D eigenvalue weighted by Gasteiger charge is -2.30. The first-order chi connectivity index (χ1) is 22.8. The van der Waals surface area contributed by atoms with E-state index in [0.29, 0.717) is 13.1 Å². The Hall–Kier alpha value is -5.07. The fourth-order valence-corrected chi connectivity index (χ4v) is 6.39. The first kappa shape index (κ1) is 31.9. The van der Waals surface area contributed by atoms with Crippen molar-refractivity contribution in [2.24, 2.45) is 0 Å². The van der Waals surface area contributed by atoms with Crippen LogP contribution in [-0.2, 0) is 38.6 Å². The Morgan fingerprint density at radius 2 is 1.64 bits per heavy atom. The third-order valence-corrected chi connectivity index (χ3v) is 8.72. The fraction of sp³-hybridized carbons (Fsp3) is 0.343. The average molecular weight is 638 g/mol. The van der Waals surface area contributed by atoms with Crippen molar-refractivity contribution in [2.75, 3.05) is 26.2 Å². The molecule has 0 unspecified atom stereocenters. The highest BCUT2D eigenvalue weighted by Crippen LogP contribution is 2.24. The molecule has 6 rings (SSSR count). The van der Waals surface area contributed by atoms with Crippen LogP contribution in [0, 0.1) is 0 Å². The van der Waals surface area contributed by atoms with Crippen molar-refractivity contribution in [1.82, 2.24) is 35.7 Å². The van der Waals surface area contributed by atoms with Crippen molar-refractivity contribution in [3.63, 3.8) is 0 Å². The molecule has 244 valence electrons. The SMILES string of the molecule is O=C1CN(Cc2ccccn2)CCNC(=O)[C@H](Cc2ccccc2)NC(=O)[C@@H]2C[C@@H](O)CN2C(=O)[C@@H](Cc2c[nH]c3ccccc23)N1. The molecule has 2 aliphatic rings. The molecule has 0 saturated carbocycles. The molecule has 4 heterocycles. The monoisotopic (exact) mass is 637 g/mol. The minimum absolute atomic E-state index is 0.0167. The second-order valence-corrected chi connectivity index (χ2v) is 12.2. The zero-order chi connectivity index (χ0) is 32.8. The third kappa shape index (κ3) is 7.84. The number of aliphatic hydroxyl groups excluding tert-OH is 1. The van der Waals surface area contributed by atoms with E-state index < -0.39 is 36.0 Å². The largest absolute Gasteiger partial charge is 0.391 e. The zero-order valence-electron chi connectivity index (χ0n) is 26.0. The summed E-state index contributed by atoms with van der Waals surface area (Å²) in [5.41, 5.74) is 3.34. The molecule has 4 aromatic rings. The van der Waals surface area contributed by atoms with E-state index in [9.17, 15) is 24.3 Å². The summed E-state index contributed by atoms with van der Waals surface area (Å²) in [4.78, 5) is 66.0. The van der Waals surface area contributed by atoms with Gasteiger partial charge in [0, 0.05) is 68.7 Å². The number of H-pyrrole nitrogens is 1. The van der Waals surface area contributed by atoms with Gasteiger partial charge in [0.15, 0.2) is 0 Å². The highest BCUT2D eigenvalue weighted by atomic mass is 16.3. The molecule has 0 radical (unpaired) electrons. The Labute approximate surface area is 272 Å². The van der Waals surface area contributed by atoms with Crippen LogP contribution in [0.3, 0.4) is 0 Å². The number of aromatic nitrogens is 2. The molecule has 0 bridgehead atoms. The van der Waals surface area contributed by atoms with Crippen molar-refractivity contribution in [3.8, 4) is 0 Å². The molecule has 2 aromatic heterocycles. The minimum Gasteiger partial charge on any atom is -0.391 e. The Morgan fingerprint density at radius 3 is 2.45 bits per heavy atom. The quantitative estimate of drug-likeness (QED) is 0.210. The molecule has 2 aliphatic heterocycles. The summed E-state index contributed by atoms with van der Waals surface area (Å²) in [5, 5.41) is 20.3. The second-order valence-electron chi connectivity index (χ2n) is 12.2. The van der Waals surface area contributed by atoms with Gasteiger partial charge in [0.1, 0.15) is 18.1 Å². The first-order valence-electron chi connectivity index (χ1n) is 15.9. The topological polar surface area (TPSA) is 160 Å². The van der Waals surface area contributed by atoms with E-state index in [-0.39, 0.29) is 50.7 Å². The van der Waals surface area contributed by atoms with Crippen molar-refractivity contribution < 1.29 is 24.3 Å². The normalized spacial score (nSPS) is 23.4. The van der Waals surface area contributed by atoms with Gasteiger partial charge in [0.05, 0.1) is 18.3 Å². The number of pyridine rings is 1. The number of para-hydroxylation sites is 1. The number of fused-ring (bicyclic) bond motifs is 2. The van der Waals surface area contributed by atoms with Crippen LogP contribution in [-0.4, -0.2) is 98.9 Å². The van der Waals surface area contributed by atoms with Crippen molar-refractivity contribution in [1.29, 1.82) is 0 Å². The molecule has 12 heteroatoms. The summed E-state index contributed by atoms with van der Waals surface area (Å²) >= 11 is 0. The Balaban J connectivity index is 1.32. The number of rotatable bonds is 6. The molecule has 2 fully saturated rings. The highest BCUT2D eigenvalue weighted by molar-refractivity contribution is 5.95. The Morgan fingerprint density at radius 1 is 0.851 bits per heavy atom. The number of hydrogen-bond donors (Lipinski definition) is 5. The Kier molecular flexibility index (Phi) is 9.89. The summed E-state index contributed by atoms with van der Waals surface area (Å²) in [6.45, 7) is 0.755. The summed E-state index contributed by atoms with van der Waals surface area (Å²) < 4.78 is 0. The van der Waals surface area contributed by atoms with Gasteiger partial charge in [-0.25, -0.2) is 0 Å². The van der Waals surface area contributed by atoms with E-state index in [2.05, 4.69) is 25.9 Å². The summed E-state index contributed by atoms with van der Waals surface area (Å²) in [6.07, 6.45) is 2.99. The van der Waals surface area contributed by atoms with E-state index >= 15 is 0 Å². The highest BCUT2D eigenvalue weighted by Gasteiger charge is 2.42. The van der Waals surface area contributed by atoms with Crippen molar-refractivity contribution in [3.05, 3.63) is 102 Å². The van der Waals surface area contributed by atoms with Gasteiger partial charge in [-0.2, -0.15) is 0 Å². The minimum atomic E-state index is -1.02. The number of hydrogen-bond acceptors (Lipinski definition) is 7. The molecule has 5 N–H and O–H groups in total. The van der Waals surface area contributed by atoms with E-state index in [1.54, 1.807) is 6.20 Å². The molecule has 2 saturated heterocycles. The van der Waals surface area contributed by atoms with Gasteiger partial charge in [-0.15, -0.1) is 0 Å². The maximum atomic E-state index is 14.3. The summed E-state index contributed by atoms with van der Waals surface area (Å²) in [7, 11) is 0. The summed E-state index contributed by atoms with van der Waals surface area (Å²) in [5.74, 6) is -1.78. The van der Waals surface area contributed by atoms with Crippen LogP contribution < -0.4 is 16.0 Å². The zero-order valence-corrected chi connectivity index (χ0v) is 26.0. The summed E-state index contributed by atoms with van der Waals surface area (Å²) in [6, 6.07) is 19.7. The lowest BCUT2D eigenvalue weighted by molar-refractivity contribution is -0.142. The van der Waals surface area contributed by atoms with Crippen LogP contribution in [0.4, 0.5) is 0 Å². The molecule has 12 nitrogen and oxygen atoms in total. The number of nitrogens with one attached hydrogen (secondary N) is 4. The number of aliphatic hydroxyl groups is 1. The maximum absolute atomic E-state index is 14.3. The van der Waals surface area contributed by atoms with Gasteiger partial charge in [-0.1, -0.05) is 54.6 Å². The first-order valence-corrected chi connectivity index (χ1v) is 15.9. The standard InChI is InChI=1S/C35H39N7O5/c43-26-18-31-34(46)40-29(16-23-8-2-1-3-9-23)33(45)37-14-15-41(20-25-10-6-7-13-36-25)22-32(44)39-30(35(47)42(31)21-26)17-24-19-38-28-12-5-4-11-27(24)28/h1-13,19,26,29-31,38,43H,14-18,20-22H2,(H,37,45)(H,39,44)(H,40,46)/t26-,29+,30-,31+/m1/s1. The lowest BCUT2D eigenvalue weighted by atomic mass is 10.0. The van der Waals surface area contributed by atoms with Gasteiger partial charge >= 0.3 is 0 Å². The average Bonchev–Trinajstić information content (AvgIpc) is 3.67. The van der Waals surface area contributed by atoms with Crippen LogP contribution in [0.15, 0.2) is 85.2 Å². The molecule has 0 spiro atoms.